The maximum Gasteiger partial charge on any atom is 0.220 e. The standard InChI is InChI=1S/C64H109NO13/c1-3-5-7-9-11-13-15-17-19-21-23-24-25-26-27-28-30-32-34-36-38-40-42-44-46-48-56(69)65-52(53(68)47-45-43-41-39-37-35-33-31-29-22-20-18-16-14-12-10-8-6-4-2)51-75-63-61(74)59(72)62(55(50-67)77-63)78-64-60(73)58(71)57(70)54(49-66)76-64/h5,7,11,13,17,19,23-24,26-27,30,32,36,38,45,47,52-55,57-64,66-68,70-74H,3-4,6,8-10,12,14-16,18,20-22,25,28-29,31,33-35,37,39-44,46,48-51H2,1-2H3,(H,65,69)/b7-5-,13-11-,19-17-,24-23-,27-26-,32-30-,38-36-,47-45+. The fourth-order valence-electron chi connectivity index (χ4n) is 9.39. The zero-order chi connectivity index (χ0) is 56.7. The molecule has 14 heteroatoms. The third-order valence-corrected chi connectivity index (χ3v) is 14.3. The van der Waals surface area contributed by atoms with Crippen LogP contribution in [0.25, 0.3) is 0 Å². The normalized spacial score (nSPS) is 25.3. The molecule has 0 aromatic heterocycles. The lowest BCUT2D eigenvalue weighted by molar-refractivity contribution is -0.359. The first-order valence-corrected chi connectivity index (χ1v) is 30.5. The van der Waals surface area contributed by atoms with Crippen molar-refractivity contribution in [3.05, 3.63) is 97.2 Å². The van der Waals surface area contributed by atoms with E-state index in [0.717, 1.165) is 83.5 Å². The number of rotatable bonds is 47. The second-order valence-corrected chi connectivity index (χ2v) is 21.1. The highest BCUT2D eigenvalue weighted by atomic mass is 16.7. The van der Waals surface area contributed by atoms with Crippen LogP contribution in [0.15, 0.2) is 97.2 Å². The number of unbranched alkanes of at least 4 members (excludes halogenated alkanes) is 20. The molecule has 0 aliphatic carbocycles. The van der Waals surface area contributed by atoms with Gasteiger partial charge in [-0.2, -0.15) is 0 Å². The predicted molar refractivity (Wildman–Crippen MR) is 313 cm³/mol. The van der Waals surface area contributed by atoms with E-state index in [1.807, 2.05) is 6.08 Å². The van der Waals surface area contributed by atoms with Crippen molar-refractivity contribution in [2.24, 2.45) is 0 Å². The van der Waals surface area contributed by atoms with E-state index >= 15 is 0 Å². The molecule has 0 radical (unpaired) electrons. The second-order valence-electron chi connectivity index (χ2n) is 21.1. The zero-order valence-corrected chi connectivity index (χ0v) is 48.1. The van der Waals surface area contributed by atoms with Gasteiger partial charge < -0.3 is 65.1 Å². The van der Waals surface area contributed by atoms with Crippen LogP contribution in [-0.2, 0) is 23.7 Å². The molecule has 0 saturated carbocycles. The molecule has 0 aromatic carbocycles. The van der Waals surface area contributed by atoms with E-state index in [1.54, 1.807) is 6.08 Å². The van der Waals surface area contributed by atoms with Gasteiger partial charge in [0.1, 0.15) is 48.8 Å². The summed E-state index contributed by atoms with van der Waals surface area (Å²) in [5.41, 5.74) is 0. The van der Waals surface area contributed by atoms with Gasteiger partial charge in [-0.05, 0) is 77.0 Å². The summed E-state index contributed by atoms with van der Waals surface area (Å²) in [6.45, 7) is 2.66. The summed E-state index contributed by atoms with van der Waals surface area (Å²) in [5, 5.41) is 87.1. The van der Waals surface area contributed by atoms with Crippen molar-refractivity contribution in [2.75, 3.05) is 19.8 Å². The van der Waals surface area contributed by atoms with E-state index in [1.165, 1.54) is 96.3 Å². The lowest BCUT2D eigenvalue weighted by atomic mass is 9.97. The van der Waals surface area contributed by atoms with Gasteiger partial charge in [0.15, 0.2) is 12.6 Å². The van der Waals surface area contributed by atoms with Crippen molar-refractivity contribution in [2.45, 2.75) is 280 Å². The molecule has 12 atom stereocenters. The minimum Gasteiger partial charge on any atom is -0.394 e. The molecular weight excluding hydrogens is 991 g/mol. The molecule has 1 amide bonds. The van der Waals surface area contributed by atoms with E-state index in [2.05, 4.69) is 104 Å². The largest absolute Gasteiger partial charge is 0.394 e. The molecule has 2 aliphatic heterocycles. The van der Waals surface area contributed by atoms with Crippen LogP contribution in [0.2, 0.25) is 0 Å². The Morgan fingerprint density at radius 1 is 0.474 bits per heavy atom. The highest BCUT2D eigenvalue weighted by Crippen LogP contribution is 2.30. The van der Waals surface area contributed by atoms with Crippen molar-refractivity contribution in [1.29, 1.82) is 0 Å². The number of aliphatic hydroxyl groups excluding tert-OH is 8. The van der Waals surface area contributed by atoms with Crippen LogP contribution in [0.3, 0.4) is 0 Å². The number of ether oxygens (including phenoxy) is 4. The minimum absolute atomic E-state index is 0.235. The summed E-state index contributed by atoms with van der Waals surface area (Å²) in [4.78, 5) is 13.3. The molecule has 12 unspecified atom stereocenters. The first-order chi connectivity index (χ1) is 38.1. The van der Waals surface area contributed by atoms with Gasteiger partial charge in [-0.3, -0.25) is 4.79 Å². The van der Waals surface area contributed by atoms with E-state index in [9.17, 15) is 45.6 Å². The number of allylic oxidation sites excluding steroid dienone is 15. The number of hydrogen-bond acceptors (Lipinski definition) is 13. The van der Waals surface area contributed by atoms with Crippen LogP contribution in [0.4, 0.5) is 0 Å². The maximum atomic E-state index is 13.3. The van der Waals surface area contributed by atoms with Crippen LogP contribution in [0, 0.1) is 0 Å². The number of amides is 1. The van der Waals surface area contributed by atoms with Crippen LogP contribution in [-0.4, -0.2) is 140 Å². The summed E-state index contributed by atoms with van der Waals surface area (Å²) < 4.78 is 22.8. The topological polar surface area (TPSA) is 228 Å². The van der Waals surface area contributed by atoms with Gasteiger partial charge in [0, 0.05) is 6.42 Å². The Morgan fingerprint density at radius 3 is 1.36 bits per heavy atom. The van der Waals surface area contributed by atoms with Crippen molar-refractivity contribution >= 4 is 5.91 Å². The Bertz CT molecular complexity index is 1680. The van der Waals surface area contributed by atoms with E-state index < -0.39 is 86.8 Å². The van der Waals surface area contributed by atoms with Crippen LogP contribution >= 0.6 is 0 Å². The second kappa shape index (κ2) is 48.6. The summed E-state index contributed by atoms with van der Waals surface area (Å²) in [7, 11) is 0. The fraction of sp³-hybridized carbons (Fsp3) is 0.734. The fourth-order valence-corrected chi connectivity index (χ4v) is 9.39. The first kappa shape index (κ1) is 71.0. The molecular formula is C64H109NO13. The summed E-state index contributed by atoms with van der Waals surface area (Å²) in [6, 6.07) is -0.940. The Kier molecular flexibility index (Phi) is 44.3. The monoisotopic (exact) mass is 1100 g/mol. The van der Waals surface area contributed by atoms with E-state index in [4.69, 9.17) is 18.9 Å². The predicted octanol–water partition coefficient (Wildman–Crippen LogP) is 10.7. The zero-order valence-electron chi connectivity index (χ0n) is 48.1. The molecule has 0 bridgehead atoms. The Balaban J connectivity index is 1.79. The maximum absolute atomic E-state index is 13.3. The summed E-state index contributed by atoms with van der Waals surface area (Å²) >= 11 is 0. The molecule has 2 aliphatic rings. The third kappa shape index (κ3) is 33.6. The van der Waals surface area contributed by atoms with Gasteiger partial charge in [0.2, 0.25) is 5.91 Å². The van der Waals surface area contributed by atoms with Gasteiger partial charge in [0.25, 0.3) is 0 Å². The molecule has 2 rings (SSSR count). The number of hydrogen-bond donors (Lipinski definition) is 9. The molecule has 14 nitrogen and oxygen atoms in total. The van der Waals surface area contributed by atoms with Crippen molar-refractivity contribution < 1.29 is 64.6 Å². The van der Waals surface area contributed by atoms with Gasteiger partial charge in [0.05, 0.1) is 32.0 Å². The third-order valence-electron chi connectivity index (χ3n) is 14.3. The summed E-state index contributed by atoms with van der Waals surface area (Å²) in [6.07, 6.45) is 50.1. The Morgan fingerprint density at radius 2 is 0.885 bits per heavy atom. The molecule has 2 heterocycles. The van der Waals surface area contributed by atoms with Gasteiger partial charge in [-0.1, -0.05) is 220 Å². The average molecular weight is 1100 g/mol. The van der Waals surface area contributed by atoms with Crippen molar-refractivity contribution in [3.63, 3.8) is 0 Å². The van der Waals surface area contributed by atoms with E-state index in [-0.39, 0.29) is 18.9 Å². The number of nitrogens with one attached hydrogen (secondary N) is 1. The lowest BCUT2D eigenvalue weighted by Crippen LogP contribution is -2.65. The molecule has 2 fully saturated rings. The SMILES string of the molecule is CC/C=C\C/C=C\C/C=C\C/C=C\C/C=C\C/C=C\C/C=C\CCCCCC(=O)NC(COC1OC(CO)C(OC2OC(CO)C(O)C(O)C2O)C(O)C1O)C(O)/C=C/CCCCCCCCCCCCCCCCCCC. The highest BCUT2D eigenvalue weighted by Gasteiger charge is 2.51. The Hall–Kier alpha value is -3.09. The molecule has 2 saturated heterocycles. The minimum atomic E-state index is -1.80. The molecule has 9 N–H and O–H groups in total. The number of carbonyl (C=O) groups excluding carboxylic acids is 1. The highest BCUT2D eigenvalue weighted by molar-refractivity contribution is 5.76. The molecule has 448 valence electrons. The molecule has 78 heavy (non-hydrogen) atoms. The van der Waals surface area contributed by atoms with Gasteiger partial charge in [-0.15, -0.1) is 0 Å². The average Bonchev–Trinajstić information content (AvgIpc) is 3.44. The number of carbonyl (C=O) groups is 1. The first-order valence-electron chi connectivity index (χ1n) is 30.5. The van der Waals surface area contributed by atoms with Crippen LogP contribution < -0.4 is 5.32 Å². The smallest absolute Gasteiger partial charge is 0.220 e. The van der Waals surface area contributed by atoms with Crippen molar-refractivity contribution in [1.82, 2.24) is 5.32 Å². The lowest BCUT2D eigenvalue weighted by Gasteiger charge is -2.46. The van der Waals surface area contributed by atoms with Gasteiger partial charge >= 0.3 is 0 Å². The van der Waals surface area contributed by atoms with Gasteiger partial charge in [-0.25, -0.2) is 0 Å². The quantitative estimate of drug-likeness (QED) is 0.0204. The van der Waals surface area contributed by atoms with E-state index in [0.29, 0.717) is 6.42 Å². The molecule has 0 aromatic rings. The number of aliphatic hydroxyl groups is 8. The summed E-state index contributed by atoms with van der Waals surface area (Å²) in [5.74, 6) is -0.274. The molecule has 0 spiro atoms. The van der Waals surface area contributed by atoms with Crippen LogP contribution in [0.1, 0.15) is 206 Å². The van der Waals surface area contributed by atoms with Crippen molar-refractivity contribution in [3.8, 4) is 0 Å². The van der Waals surface area contributed by atoms with Crippen LogP contribution in [0.5, 0.6) is 0 Å². The Labute approximate surface area is 471 Å².